The Labute approximate surface area is 172 Å². The van der Waals surface area contributed by atoms with Gasteiger partial charge >= 0.3 is 0 Å². The van der Waals surface area contributed by atoms with Crippen LogP contribution in [-0.2, 0) is 14.8 Å². The second-order valence-corrected chi connectivity index (χ2v) is 8.99. The molecule has 29 heavy (non-hydrogen) atoms. The molecule has 0 saturated carbocycles. The first-order valence-electron chi connectivity index (χ1n) is 9.37. The van der Waals surface area contributed by atoms with Gasteiger partial charge in [-0.05, 0) is 55.7 Å². The minimum Gasteiger partial charge on any atom is -0.352 e. The lowest BCUT2D eigenvalue weighted by Crippen LogP contribution is -2.41. The minimum atomic E-state index is -3.80. The fourth-order valence-electron chi connectivity index (χ4n) is 2.54. The van der Waals surface area contributed by atoms with Crippen LogP contribution in [0.25, 0.3) is 0 Å². The number of sulfonamides is 1. The average molecular weight is 418 g/mol. The van der Waals surface area contributed by atoms with Gasteiger partial charge in [0.1, 0.15) is 0 Å². The molecule has 0 heterocycles. The molecule has 0 fully saturated rings. The SMILES string of the molecule is Cc1cc(C(=O)NCC(C)C)ccc1NC(=O)[C@H](C)NS(=O)(=O)c1ccccc1. The molecule has 0 radical (unpaired) electrons. The molecule has 8 heteroatoms. The third-order valence-corrected chi connectivity index (χ3v) is 5.75. The summed E-state index contributed by atoms with van der Waals surface area (Å²) in [6.45, 7) is 7.84. The van der Waals surface area contributed by atoms with Gasteiger partial charge in [0.05, 0.1) is 10.9 Å². The van der Waals surface area contributed by atoms with Crippen LogP contribution >= 0.6 is 0 Å². The molecule has 0 bridgehead atoms. The number of carbonyl (C=O) groups excluding carboxylic acids is 2. The average Bonchev–Trinajstić information content (AvgIpc) is 2.67. The van der Waals surface area contributed by atoms with Gasteiger partial charge < -0.3 is 10.6 Å². The summed E-state index contributed by atoms with van der Waals surface area (Å²) in [5, 5.41) is 5.55. The molecule has 0 unspecified atom stereocenters. The van der Waals surface area contributed by atoms with Gasteiger partial charge in [-0.2, -0.15) is 4.72 Å². The highest BCUT2D eigenvalue weighted by molar-refractivity contribution is 7.89. The zero-order chi connectivity index (χ0) is 21.6. The highest BCUT2D eigenvalue weighted by atomic mass is 32.2. The molecule has 0 aliphatic rings. The molecule has 2 aromatic rings. The lowest BCUT2D eigenvalue weighted by molar-refractivity contribution is -0.117. The van der Waals surface area contributed by atoms with Crippen molar-refractivity contribution in [1.29, 1.82) is 0 Å². The molecule has 7 nitrogen and oxygen atoms in total. The van der Waals surface area contributed by atoms with Crippen LogP contribution in [0.2, 0.25) is 0 Å². The summed E-state index contributed by atoms with van der Waals surface area (Å²) in [5.74, 6) is -0.326. The van der Waals surface area contributed by atoms with Crippen molar-refractivity contribution in [2.24, 2.45) is 5.92 Å². The maximum atomic E-state index is 12.5. The van der Waals surface area contributed by atoms with Gasteiger partial charge in [-0.1, -0.05) is 32.0 Å². The Balaban J connectivity index is 2.03. The van der Waals surface area contributed by atoms with E-state index in [4.69, 9.17) is 0 Å². The zero-order valence-electron chi connectivity index (χ0n) is 17.0. The molecular weight excluding hydrogens is 390 g/mol. The van der Waals surface area contributed by atoms with Gasteiger partial charge in [-0.25, -0.2) is 8.42 Å². The molecular formula is C21H27N3O4S. The summed E-state index contributed by atoms with van der Waals surface area (Å²) in [4.78, 5) is 24.7. The maximum Gasteiger partial charge on any atom is 0.251 e. The van der Waals surface area contributed by atoms with Crippen molar-refractivity contribution in [2.45, 2.75) is 38.6 Å². The molecule has 0 spiro atoms. The van der Waals surface area contributed by atoms with Gasteiger partial charge in [0, 0.05) is 17.8 Å². The Morgan fingerprint density at radius 3 is 2.24 bits per heavy atom. The molecule has 0 aromatic heterocycles. The molecule has 0 saturated heterocycles. The first-order chi connectivity index (χ1) is 13.6. The van der Waals surface area contributed by atoms with E-state index in [2.05, 4.69) is 15.4 Å². The number of amides is 2. The summed E-state index contributed by atoms with van der Waals surface area (Å²) in [5.41, 5.74) is 1.72. The monoisotopic (exact) mass is 417 g/mol. The minimum absolute atomic E-state index is 0.0904. The highest BCUT2D eigenvalue weighted by Crippen LogP contribution is 2.17. The Kier molecular flexibility index (Phi) is 7.53. The summed E-state index contributed by atoms with van der Waals surface area (Å²) in [6.07, 6.45) is 0. The van der Waals surface area contributed by atoms with E-state index in [1.807, 2.05) is 13.8 Å². The third kappa shape index (κ3) is 6.40. The van der Waals surface area contributed by atoms with Gasteiger partial charge in [-0.15, -0.1) is 0 Å². The second-order valence-electron chi connectivity index (χ2n) is 7.28. The molecule has 1 atom stereocenters. The van der Waals surface area contributed by atoms with Crippen molar-refractivity contribution >= 4 is 27.5 Å². The number of hydrogen-bond donors (Lipinski definition) is 3. The van der Waals surface area contributed by atoms with Gasteiger partial charge in [0.2, 0.25) is 15.9 Å². The van der Waals surface area contributed by atoms with Crippen molar-refractivity contribution in [2.75, 3.05) is 11.9 Å². The Morgan fingerprint density at radius 1 is 1.00 bits per heavy atom. The van der Waals surface area contributed by atoms with Crippen molar-refractivity contribution in [3.05, 3.63) is 59.7 Å². The summed E-state index contributed by atoms with van der Waals surface area (Å²) >= 11 is 0. The van der Waals surface area contributed by atoms with E-state index in [-0.39, 0.29) is 10.8 Å². The van der Waals surface area contributed by atoms with E-state index in [9.17, 15) is 18.0 Å². The summed E-state index contributed by atoms with van der Waals surface area (Å²) < 4.78 is 27.1. The van der Waals surface area contributed by atoms with Gasteiger partial charge in [0.15, 0.2) is 0 Å². The molecule has 2 amide bonds. The molecule has 2 rings (SSSR count). The Hall–Kier alpha value is -2.71. The van der Waals surface area contributed by atoms with E-state index in [1.54, 1.807) is 43.3 Å². The maximum absolute atomic E-state index is 12.5. The van der Waals surface area contributed by atoms with Crippen molar-refractivity contribution in [3.63, 3.8) is 0 Å². The smallest absolute Gasteiger partial charge is 0.251 e. The van der Waals surface area contributed by atoms with Gasteiger partial charge in [-0.3, -0.25) is 9.59 Å². The molecule has 0 aliphatic carbocycles. The van der Waals surface area contributed by atoms with Gasteiger partial charge in [0.25, 0.3) is 5.91 Å². The largest absolute Gasteiger partial charge is 0.352 e. The third-order valence-electron chi connectivity index (χ3n) is 4.20. The number of nitrogens with one attached hydrogen (secondary N) is 3. The van der Waals surface area contributed by atoms with E-state index in [1.165, 1.54) is 19.1 Å². The number of benzene rings is 2. The van der Waals surface area contributed by atoms with Crippen LogP contribution in [0.5, 0.6) is 0 Å². The van der Waals surface area contributed by atoms with Crippen LogP contribution in [0.3, 0.4) is 0 Å². The van der Waals surface area contributed by atoms with E-state index in [0.717, 1.165) is 0 Å². The van der Waals surface area contributed by atoms with Crippen LogP contribution in [0, 0.1) is 12.8 Å². The molecule has 3 N–H and O–H groups in total. The van der Waals surface area contributed by atoms with Crippen molar-refractivity contribution in [3.8, 4) is 0 Å². The predicted octanol–water partition coefficient (Wildman–Crippen LogP) is 2.69. The quantitative estimate of drug-likeness (QED) is 0.614. The summed E-state index contributed by atoms with van der Waals surface area (Å²) in [7, 11) is -3.80. The number of rotatable bonds is 8. The lowest BCUT2D eigenvalue weighted by atomic mass is 10.1. The Morgan fingerprint density at radius 2 is 1.66 bits per heavy atom. The van der Waals surface area contributed by atoms with E-state index < -0.39 is 22.0 Å². The zero-order valence-corrected chi connectivity index (χ0v) is 17.8. The first kappa shape index (κ1) is 22.6. The van der Waals surface area contributed by atoms with Crippen LogP contribution in [0.1, 0.15) is 36.7 Å². The van der Waals surface area contributed by atoms with Crippen molar-refractivity contribution < 1.29 is 18.0 Å². The van der Waals surface area contributed by atoms with Crippen LogP contribution in [-0.4, -0.2) is 32.8 Å². The van der Waals surface area contributed by atoms with Crippen LogP contribution < -0.4 is 15.4 Å². The highest BCUT2D eigenvalue weighted by Gasteiger charge is 2.22. The van der Waals surface area contributed by atoms with Crippen molar-refractivity contribution in [1.82, 2.24) is 10.0 Å². The fraction of sp³-hybridized carbons (Fsp3) is 0.333. The standard InChI is InChI=1S/C21H27N3O4S/c1-14(2)13-22-21(26)17-10-11-19(15(3)12-17)23-20(25)16(4)24-29(27,28)18-8-6-5-7-9-18/h5-12,14,16,24H,13H2,1-4H3,(H,22,26)(H,23,25)/t16-/m0/s1. The topological polar surface area (TPSA) is 104 Å². The van der Waals surface area contributed by atoms with Crippen LogP contribution in [0.4, 0.5) is 5.69 Å². The molecule has 156 valence electrons. The second kappa shape index (κ2) is 9.67. The van der Waals surface area contributed by atoms with E-state index in [0.29, 0.717) is 29.3 Å². The number of carbonyl (C=O) groups is 2. The number of anilines is 1. The van der Waals surface area contributed by atoms with Crippen LogP contribution in [0.15, 0.2) is 53.4 Å². The molecule has 2 aromatic carbocycles. The lowest BCUT2D eigenvalue weighted by Gasteiger charge is -2.16. The normalized spacial score (nSPS) is 12.4. The molecule has 0 aliphatic heterocycles. The number of hydrogen-bond acceptors (Lipinski definition) is 4. The first-order valence-corrected chi connectivity index (χ1v) is 10.9. The number of aryl methyl sites for hydroxylation is 1. The fourth-order valence-corrected chi connectivity index (χ4v) is 3.76. The summed E-state index contributed by atoms with van der Waals surface area (Å²) in [6, 6.07) is 11.8. The predicted molar refractivity (Wildman–Crippen MR) is 113 cm³/mol. The van der Waals surface area contributed by atoms with E-state index >= 15 is 0 Å². The Bertz CT molecular complexity index is 973.